The minimum Gasteiger partial charge on any atom is -0.444 e. The van der Waals surface area contributed by atoms with E-state index in [4.69, 9.17) is 4.74 Å². The van der Waals surface area contributed by atoms with Gasteiger partial charge >= 0.3 is 12.3 Å². The summed E-state index contributed by atoms with van der Waals surface area (Å²) in [6.07, 6.45) is -3.99. The van der Waals surface area contributed by atoms with E-state index in [1.54, 1.807) is 4.90 Å². The smallest absolute Gasteiger partial charge is 0.410 e. The van der Waals surface area contributed by atoms with Crippen LogP contribution in [0.5, 0.6) is 0 Å². The molecule has 1 amide bonds. The van der Waals surface area contributed by atoms with E-state index in [1.807, 2.05) is 27.7 Å². The van der Waals surface area contributed by atoms with Crippen LogP contribution in [0.2, 0.25) is 0 Å². The molecule has 0 radical (unpaired) electrons. The highest BCUT2D eigenvalue weighted by atomic mass is 127. The predicted octanol–water partition coefficient (Wildman–Crippen LogP) is 2.66. The summed E-state index contributed by atoms with van der Waals surface area (Å²) in [5.41, 5.74) is -0.523. The number of hydrogen-bond donors (Lipinski definition) is 2. The van der Waals surface area contributed by atoms with E-state index >= 15 is 0 Å². The Balaban J connectivity index is 0.00000729. The van der Waals surface area contributed by atoms with E-state index in [0.29, 0.717) is 45.1 Å². The molecular weight excluding hydrogens is 490 g/mol. The molecule has 1 heterocycles. The van der Waals surface area contributed by atoms with Crippen LogP contribution in [-0.4, -0.2) is 86.0 Å². The van der Waals surface area contributed by atoms with Crippen molar-refractivity contribution in [1.29, 1.82) is 0 Å². The first-order chi connectivity index (χ1) is 12.4. The first kappa shape index (κ1) is 27.0. The second-order valence-electron chi connectivity index (χ2n) is 7.69. The van der Waals surface area contributed by atoms with Crippen LogP contribution < -0.4 is 10.6 Å². The van der Waals surface area contributed by atoms with Gasteiger partial charge in [0.05, 0.1) is 12.6 Å². The van der Waals surface area contributed by atoms with Gasteiger partial charge in [0, 0.05) is 26.2 Å². The van der Waals surface area contributed by atoms with Gasteiger partial charge in [-0.15, -0.1) is 24.0 Å². The predicted molar refractivity (Wildman–Crippen MR) is 114 cm³/mol. The summed E-state index contributed by atoms with van der Waals surface area (Å²) in [6, 6.07) is 0.0724. The van der Waals surface area contributed by atoms with Crippen LogP contribution in [0.15, 0.2) is 4.99 Å². The number of rotatable bonds is 7. The number of nitrogens with one attached hydrogen (secondary N) is 2. The molecule has 1 rings (SSSR count). The highest BCUT2D eigenvalue weighted by Gasteiger charge is 2.34. The molecule has 1 aliphatic rings. The summed E-state index contributed by atoms with van der Waals surface area (Å²) < 4.78 is 42.2. The first-order valence-electron chi connectivity index (χ1n) is 9.17. The van der Waals surface area contributed by atoms with Gasteiger partial charge in [0.1, 0.15) is 5.60 Å². The number of likely N-dealkylation sites (tertiary alicyclic amines) is 1. The van der Waals surface area contributed by atoms with Gasteiger partial charge < -0.3 is 20.3 Å². The molecule has 0 aliphatic carbocycles. The highest BCUT2D eigenvalue weighted by molar-refractivity contribution is 14.0. The van der Waals surface area contributed by atoms with Gasteiger partial charge in [-0.2, -0.15) is 13.2 Å². The molecule has 0 saturated carbocycles. The Morgan fingerprint density at radius 2 is 1.89 bits per heavy atom. The summed E-state index contributed by atoms with van der Waals surface area (Å²) in [5, 5.41) is 6.33. The number of guanidine groups is 1. The largest absolute Gasteiger partial charge is 0.444 e. The van der Waals surface area contributed by atoms with Crippen molar-refractivity contribution in [2.24, 2.45) is 4.99 Å². The van der Waals surface area contributed by atoms with Crippen molar-refractivity contribution in [2.45, 2.75) is 51.9 Å². The molecule has 0 spiro atoms. The average Bonchev–Trinajstić information content (AvgIpc) is 2.42. The van der Waals surface area contributed by atoms with Gasteiger partial charge in [-0.25, -0.2) is 4.79 Å². The maximum atomic E-state index is 12.3. The summed E-state index contributed by atoms with van der Waals surface area (Å²) in [6.45, 7) is 8.93. The zero-order valence-electron chi connectivity index (χ0n) is 17.2. The monoisotopic (exact) mass is 523 g/mol. The number of hydrogen-bond acceptors (Lipinski definition) is 4. The van der Waals surface area contributed by atoms with Gasteiger partial charge in [-0.1, -0.05) is 0 Å². The Hall–Kier alpha value is -0.980. The first-order valence-corrected chi connectivity index (χ1v) is 9.17. The molecule has 166 valence electrons. The molecule has 0 atom stereocenters. The molecule has 28 heavy (non-hydrogen) atoms. The van der Waals surface area contributed by atoms with Crippen LogP contribution >= 0.6 is 24.0 Å². The third-order valence-corrected chi connectivity index (χ3v) is 3.64. The lowest BCUT2D eigenvalue weighted by molar-refractivity contribution is -0.143. The van der Waals surface area contributed by atoms with Gasteiger partial charge in [0.15, 0.2) is 5.96 Å². The summed E-state index contributed by atoms with van der Waals surface area (Å²) in [4.78, 5) is 19.1. The lowest BCUT2D eigenvalue weighted by Crippen LogP contribution is -2.63. The van der Waals surface area contributed by atoms with Crippen molar-refractivity contribution in [2.75, 3.05) is 46.3 Å². The van der Waals surface area contributed by atoms with Gasteiger partial charge in [-0.05, 0) is 47.7 Å². The fourth-order valence-corrected chi connectivity index (χ4v) is 2.48. The van der Waals surface area contributed by atoms with E-state index in [2.05, 4.69) is 15.6 Å². The van der Waals surface area contributed by atoms with Crippen LogP contribution in [0.3, 0.4) is 0 Å². The van der Waals surface area contributed by atoms with Crippen LogP contribution in [0.4, 0.5) is 18.0 Å². The van der Waals surface area contributed by atoms with Gasteiger partial charge in [0.2, 0.25) is 0 Å². The Bertz CT molecular complexity index is 506. The standard InChI is InChI=1S/C17H32F3N5O2.HI/c1-6-21-14(22-8-7-9-24(5)12-17(18,19)20)23-13-10-25(11-13)15(26)27-16(2,3)4;/h13H,6-12H2,1-5H3,(H2,21,22,23);1H. The molecule has 1 aliphatic heterocycles. The molecule has 1 saturated heterocycles. The number of carbonyl (C=O) groups excluding carboxylic acids is 1. The number of carbonyl (C=O) groups is 1. The molecule has 0 aromatic heterocycles. The number of nitrogens with zero attached hydrogens (tertiary/aromatic N) is 3. The molecule has 0 aromatic carbocycles. The Morgan fingerprint density at radius 3 is 2.39 bits per heavy atom. The van der Waals surface area contributed by atoms with Crippen molar-refractivity contribution in [3.63, 3.8) is 0 Å². The molecule has 0 aromatic rings. The van der Waals surface area contributed by atoms with E-state index in [-0.39, 0.29) is 36.1 Å². The van der Waals surface area contributed by atoms with Crippen molar-refractivity contribution in [3.05, 3.63) is 0 Å². The fraction of sp³-hybridized carbons (Fsp3) is 0.882. The van der Waals surface area contributed by atoms with Gasteiger partial charge in [-0.3, -0.25) is 9.89 Å². The van der Waals surface area contributed by atoms with Crippen molar-refractivity contribution in [3.8, 4) is 0 Å². The SMILES string of the molecule is CCNC(=NCCCN(C)CC(F)(F)F)NC1CN(C(=O)OC(C)(C)C)C1.I. The number of amides is 1. The summed E-state index contributed by atoms with van der Waals surface area (Å²) >= 11 is 0. The van der Waals surface area contributed by atoms with E-state index in [1.165, 1.54) is 11.9 Å². The van der Waals surface area contributed by atoms with Crippen molar-refractivity contribution >= 4 is 36.0 Å². The molecule has 0 bridgehead atoms. The summed E-state index contributed by atoms with van der Waals surface area (Å²) in [5.74, 6) is 0.602. The average molecular weight is 523 g/mol. The number of halogens is 4. The van der Waals surface area contributed by atoms with E-state index in [9.17, 15) is 18.0 Å². The number of ether oxygens (including phenoxy) is 1. The molecule has 0 unspecified atom stereocenters. The van der Waals surface area contributed by atoms with Crippen LogP contribution in [-0.2, 0) is 4.74 Å². The Labute approximate surface area is 182 Å². The van der Waals surface area contributed by atoms with E-state index < -0.39 is 18.3 Å². The maximum Gasteiger partial charge on any atom is 0.410 e. The van der Waals surface area contributed by atoms with Gasteiger partial charge in [0.25, 0.3) is 0 Å². The molecule has 11 heteroatoms. The normalized spacial score (nSPS) is 15.8. The van der Waals surface area contributed by atoms with Crippen LogP contribution in [0.25, 0.3) is 0 Å². The topological polar surface area (TPSA) is 69.2 Å². The lowest BCUT2D eigenvalue weighted by Gasteiger charge is -2.40. The zero-order valence-corrected chi connectivity index (χ0v) is 19.6. The third-order valence-electron chi connectivity index (χ3n) is 3.64. The minimum atomic E-state index is -4.18. The quantitative estimate of drug-likeness (QED) is 0.233. The number of aliphatic imine (C=N–C) groups is 1. The Morgan fingerprint density at radius 1 is 1.29 bits per heavy atom. The minimum absolute atomic E-state index is 0. The summed E-state index contributed by atoms with van der Waals surface area (Å²) in [7, 11) is 1.44. The molecule has 2 N–H and O–H groups in total. The third kappa shape index (κ3) is 11.8. The maximum absolute atomic E-state index is 12.3. The van der Waals surface area contributed by atoms with Crippen molar-refractivity contribution < 1.29 is 22.7 Å². The lowest BCUT2D eigenvalue weighted by atomic mass is 10.1. The van der Waals surface area contributed by atoms with Crippen LogP contribution in [0, 0.1) is 0 Å². The van der Waals surface area contributed by atoms with Crippen LogP contribution in [0.1, 0.15) is 34.1 Å². The molecule has 7 nitrogen and oxygen atoms in total. The second-order valence-corrected chi connectivity index (χ2v) is 7.69. The molecule has 1 fully saturated rings. The highest BCUT2D eigenvalue weighted by Crippen LogP contribution is 2.16. The number of alkyl halides is 3. The zero-order chi connectivity index (χ0) is 20.7. The fourth-order valence-electron chi connectivity index (χ4n) is 2.48. The Kier molecular flexibility index (Phi) is 11.5. The van der Waals surface area contributed by atoms with Crippen molar-refractivity contribution in [1.82, 2.24) is 20.4 Å². The molecular formula is C17H33F3IN5O2. The van der Waals surface area contributed by atoms with E-state index in [0.717, 1.165) is 0 Å². The second kappa shape index (κ2) is 11.9.